The summed E-state index contributed by atoms with van der Waals surface area (Å²) in [5.41, 5.74) is 0.300. The van der Waals surface area contributed by atoms with Crippen molar-refractivity contribution < 1.29 is 13.2 Å². The second-order valence-corrected chi connectivity index (χ2v) is 6.04. The van der Waals surface area contributed by atoms with Crippen LogP contribution >= 0.6 is 0 Å². The highest BCUT2D eigenvalue weighted by atomic mass is 19.1. The molecule has 5 nitrogen and oxygen atoms in total. The molecule has 1 aromatic carbocycles. The van der Waals surface area contributed by atoms with E-state index in [4.69, 9.17) is 4.42 Å². The molecule has 1 aliphatic heterocycles. The number of benzene rings is 1. The summed E-state index contributed by atoms with van der Waals surface area (Å²) in [6, 6.07) is 6.60. The molecule has 0 spiro atoms. The zero-order chi connectivity index (χ0) is 16.8. The van der Waals surface area contributed by atoms with Crippen molar-refractivity contribution in [2.24, 2.45) is 0 Å². The summed E-state index contributed by atoms with van der Waals surface area (Å²) in [6.45, 7) is 3.39. The number of nitrogens with one attached hydrogen (secondary N) is 1. The van der Waals surface area contributed by atoms with E-state index in [9.17, 15) is 8.78 Å². The van der Waals surface area contributed by atoms with E-state index in [2.05, 4.69) is 20.4 Å². The van der Waals surface area contributed by atoms with E-state index in [1.807, 2.05) is 0 Å². The average Bonchev–Trinajstić information content (AvgIpc) is 3.05. The summed E-state index contributed by atoms with van der Waals surface area (Å²) in [6.07, 6.45) is 2.66. The molecule has 1 aliphatic rings. The Kier molecular flexibility index (Phi) is 5.74. The van der Waals surface area contributed by atoms with E-state index in [0.717, 1.165) is 32.5 Å². The topological polar surface area (TPSA) is 54.2 Å². The van der Waals surface area contributed by atoms with Crippen LogP contribution in [0.4, 0.5) is 14.8 Å². The quantitative estimate of drug-likeness (QED) is 0.784. The highest BCUT2D eigenvalue weighted by Crippen LogP contribution is 2.22. The van der Waals surface area contributed by atoms with E-state index < -0.39 is 6.17 Å². The molecule has 2 aromatic rings. The van der Waals surface area contributed by atoms with Gasteiger partial charge >= 0.3 is 6.01 Å². The number of anilines is 1. The molecule has 130 valence electrons. The number of hydrogen-bond acceptors (Lipinski definition) is 5. The molecule has 0 unspecified atom stereocenters. The fourth-order valence-corrected chi connectivity index (χ4v) is 2.82. The second kappa shape index (κ2) is 8.19. The molecule has 0 saturated carbocycles. The zero-order valence-corrected chi connectivity index (χ0v) is 13.5. The molecule has 0 amide bonds. The number of piperidine rings is 1. The van der Waals surface area contributed by atoms with Gasteiger partial charge in [0.15, 0.2) is 0 Å². The Labute approximate surface area is 140 Å². The van der Waals surface area contributed by atoms with Gasteiger partial charge in [-0.2, -0.15) is 0 Å². The molecule has 1 saturated heterocycles. The van der Waals surface area contributed by atoms with Crippen LogP contribution in [0.1, 0.15) is 25.7 Å². The van der Waals surface area contributed by atoms with Gasteiger partial charge in [-0.25, -0.2) is 8.78 Å². The van der Waals surface area contributed by atoms with E-state index in [1.54, 1.807) is 18.2 Å². The minimum Gasteiger partial charge on any atom is -0.403 e. The van der Waals surface area contributed by atoms with Crippen LogP contribution < -0.4 is 5.32 Å². The van der Waals surface area contributed by atoms with Gasteiger partial charge in [0.2, 0.25) is 0 Å². The van der Waals surface area contributed by atoms with Gasteiger partial charge in [0.1, 0.15) is 12.0 Å². The molecule has 0 atom stereocenters. The Morgan fingerprint density at radius 1 is 1.17 bits per heavy atom. The van der Waals surface area contributed by atoms with Crippen LogP contribution in [-0.2, 0) is 0 Å². The lowest BCUT2D eigenvalue weighted by Gasteiger charge is -2.28. The summed E-state index contributed by atoms with van der Waals surface area (Å²) in [7, 11) is 0. The van der Waals surface area contributed by atoms with Crippen LogP contribution in [0.3, 0.4) is 0 Å². The Morgan fingerprint density at radius 2 is 1.96 bits per heavy atom. The van der Waals surface area contributed by atoms with Crippen molar-refractivity contribution in [2.45, 2.75) is 31.9 Å². The predicted molar refractivity (Wildman–Crippen MR) is 88.0 cm³/mol. The molecule has 0 bridgehead atoms. The van der Waals surface area contributed by atoms with Crippen LogP contribution in [0.15, 0.2) is 28.7 Å². The Morgan fingerprint density at radius 3 is 2.75 bits per heavy atom. The van der Waals surface area contributed by atoms with Crippen molar-refractivity contribution in [3.63, 3.8) is 0 Å². The lowest BCUT2D eigenvalue weighted by molar-refractivity contribution is 0.149. The van der Waals surface area contributed by atoms with Crippen LogP contribution in [0, 0.1) is 5.82 Å². The minimum atomic E-state index is -0.621. The molecule has 3 rings (SSSR count). The number of likely N-dealkylation sites (tertiary alicyclic amines) is 1. The van der Waals surface area contributed by atoms with Gasteiger partial charge in [0, 0.05) is 19.6 Å². The molecule has 0 radical (unpaired) electrons. The number of alkyl halides is 1. The number of halogens is 2. The Balaban J connectivity index is 1.38. The summed E-state index contributed by atoms with van der Waals surface area (Å²) in [4.78, 5) is 2.30. The largest absolute Gasteiger partial charge is 0.403 e. The first-order valence-corrected chi connectivity index (χ1v) is 8.41. The van der Waals surface area contributed by atoms with Gasteiger partial charge in [0.05, 0.1) is 5.56 Å². The maximum atomic E-state index is 13.7. The zero-order valence-electron chi connectivity index (χ0n) is 13.5. The third kappa shape index (κ3) is 4.50. The molecule has 0 aliphatic carbocycles. The van der Waals surface area contributed by atoms with E-state index in [-0.39, 0.29) is 11.7 Å². The molecule has 1 aromatic heterocycles. The second-order valence-electron chi connectivity index (χ2n) is 6.04. The molecular weight excluding hydrogens is 314 g/mol. The van der Waals surface area contributed by atoms with Crippen molar-refractivity contribution in [1.82, 2.24) is 15.1 Å². The molecule has 2 heterocycles. The van der Waals surface area contributed by atoms with Gasteiger partial charge in [-0.1, -0.05) is 17.2 Å². The molecule has 1 N–H and O–H groups in total. The van der Waals surface area contributed by atoms with Crippen molar-refractivity contribution in [1.29, 1.82) is 0 Å². The Hall–Kier alpha value is -2.02. The van der Waals surface area contributed by atoms with Gasteiger partial charge in [-0.15, -0.1) is 5.10 Å². The predicted octanol–water partition coefficient (Wildman–Crippen LogP) is 3.50. The van der Waals surface area contributed by atoms with Crippen molar-refractivity contribution in [3.05, 3.63) is 30.1 Å². The minimum absolute atomic E-state index is 0.171. The van der Waals surface area contributed by atoms with Crippen molar-refractivity contribution in [3.8, 4) is 11.5 Å². The highest BCUT2D eigenvalue weighted by molar-refractivity contribution is 5.54. The smallest absolute Gasteiger partial charge is 0.315 e. The highest BCUT2D eigenvalue weighted by Gasteiger charge is 2.17. The fraction of sp³-hybridized carbons (Fsp3) is 0.529. The van der Waals surface area contributed by atoms with Crippen molar-refractivity contribution in [2.75, 3.05) is 31.5 Å². The van der Waals surface area contributed by atoms with Gasteiger partial charge < -0.3 is 14.6 Å². The molecule has 1 fully saturated rings. The summed E-state index contributed by atoms with van der Waals surface area (Å²) in [5, 5.41) is 10.8. The summed E-state index contributed by atoms with van der Waals surface area (Å²) >= 11 is 0. The number of unbranched alkanes of at least 4 members (excludes halogenated alkanes) is 1. The van der Waals surface area contributed by atoms with E-state index in [1.165, 1.54) is 6.07 Å². The SMILES string of the molecule is Fc1ccccc1-c1nnc(NCCCCN2CCC(F)CC2)o1. The van der Waals surface area contributed by atoms with Crippen LogP contribution in [0.2, 0.25) is 0 Å². The normalized spacial score (nSPS) is 16.4. The number of hydrogen-bond donors (Lipinski definition) is 1. The standard InChI is InChI=1S/C17H22F2N4O/c18-13-7-11-23(12-8-13)10-4-3-9-20-17-22-21-16(24-17)14-5-1-2-6-15(14)19/h1-2,5-6,13H,3-4,7-12H2,(H,20,22). The number of nitrogens with zero attached hydrogens (tertiary/aromatic N) is 3. The molecule has 24 heavy (non-hydrogen) atoms. The number of rotatable bonds is 7. The summed E-state index contributed by atoms with van der Waals surface area (Å²) < 4.78 is 32.1. The third-order valence-corrected chi connectivity index (χ3v) is 4.22. The lowest BCUT2D eigenvalue weighted by Crippen LogP contribution is -2.35. The van der Waals surface area contributed by atoms with Gasteiger partial charge in [0.25, 0.3) is 5.89 Å². The van der Waals surface area contributed by atoms with Crippen molar-refractivity contribution >= 4 is 6.01 Å². The molecular formula is C17H22F2N4O. The van der Waals surface area contributed by atoms with Crippen LogP contribution in [0.5, 0.6) is 0 Å². The van der Waals surface area contributed by atoms with Crippen LogP contribution in [-0.4, -0.2) is 47.4 Å². The van der Waals surface area contributed by atoms with E-state index >= 15 is 0 Å². The monoisotopic (exact) mass is 336 g/mol. The first-order valence-electron chi connectivity index (χ1n) is 8.41. The third-order valence-electron chi connectivity index (χ3n) is 4.22. The molecule has 7 heteroatoms. The Bertz CT molecular complexity index is 641. The summed E-state index contributed by atoms with van der Waals surface area (Å²) in [5.74, 6) is -0.213. The lowest BCUT2D eigenvalue weighted by atomic mass is 10.1. The first kappa shape index (κ1) is 16.8. The van der Waals surface area contributed by atoms with Crippen LogP contribution in [0.25, 0.3) is 11.5 Å². The first-order chi connectivity index (χ1) is 11.7. The van der Waals surface area contributed by atoms with E-state index in [0.29, 0.717) is 31.0 Å². The number of aromatic nitrogens is 2. The maximum absolute atomic E-state index is 13.7. The van der Waals surface area contributed by atoms with Gasteiger partial charge in [-0.05, 0) is 44.4 Å². The van der Waals surface area contributed by atoms with Gasteiger partial charge in [-0.3, -0.25) is 0 Å². The average molecular weight is 336 g/mol. The fourth-order valence-electron chi connectivity index (χ4n) is 2.82. The maximum Gasteiger partial charge on any atom is 0.315 e.